The van der Waals surface area contributed by atoms with Crippen LogP contribution in [0.1, 0.15) is 22.9 Å². The Balaban J connectivity index is 1.67. The molecule has 7 nitrogen and oxygen atoms in total. The van der Waals surface area contributed by atoms with Gasteiger partial charge in [-0.2, -0.15) is 0 Å². The van der Waals surface area contributed by atoms with E-state index in [1.54, 1.807) is 18.5 Å². The van der Waals surface area contributed by atoms with Crippen molar-refractivity contribution >= 4 is 16.9 Å². The first-order valence-electron chi connectivity index (χ1n) is 10.8. The van der Waals surface area contributed by atoms with Crippen LogP contribution >= 0.6 is 0 Å². The zero-order valence-electron chi connectivity index (χ0n) is 18.5. The fourth-order valence-electron chi connectivity index (χ4n) is 4.13. The molecule has 4 rings (SSSR count). The second-order valence-corrected chi connectivity index (χ2v) is 8.08. The molecule has 0 fully saturated rings. The molecular weight excluding hydrogens is 461 g/mol. The van der Waals surface area contributed by atoms with Gasteiger partial charge in [0.2, 0.25) is 5.91 Å². The normalized spacial score (nSPS) is 13.5. The Labute approximate surface area is 199 Å². The van der Waals surface area contributed by atoms with Gasteiger partial charge in [-0.1, -0.05) is 42.5 Å². The summed E-state index contributed by atoms with van der Waals surface area (Å²) >= 11 is 0. The number of aliphatic hydroxyl groups excluding tert-OH is 1. The standard InChI is InChI=1S/C25H23F3N4O3/c26-25(27,28)35-18-8-6-16(7-9-18)14-32-22-13-30-11-10-21(22)31-23(32)12-19(24(29)34)20(15-33)17-4-2-1-3-5-17/h1-11,13,19-20,33H,12,14-15H2,(H2,29,34)/t19?,20-/m0/s1. The minimum atomic E-state index is -4.77. The molecule has 10 heteroatoms. The van der Waals surface area contributed by atoms with Gasteiger partial charge in [-0.3, -0.25) is 9.78 Å². The van der Waals surface area contributed by atoms with E-state index in [0.717, 1.165) is 5.56 Å². The summed E-state index contributed by atoms with van der Waals surface area (Å²) in [5, 5.41) is 10.1. The molecule has 4 aromatic rings. The third-order valence-corrected chi connectivity index (χ3v) is 5.81. The van der Waals surface area contributed by atoms with E-state index in [9.17, 15) is 23.1 Å². The molecule has 0 spiro atoms. The molecule has 0 bridgehead atoms. The number of carbonyl (C=O) groups is 1. The SMILES string of the molecule is NC(=O)C(Cc1nc2ccncc2n1Cc1ccc(OC(F)(F)F)cc1)[C@@H](CO)c1ccccc1. The number of imidazole rings is 1. The van der Waals surface area contributed by atoms with Crippen LogP contribution in [0, 0.1) is 5.92 Å². The predicted octanol–water partition coefficient (Wildman–Crippen LogP) is 3.80. The third-order valence-electron chi connectivity index (χ3n) is 5.81. The molecule has 2 heterocycles. The fourth-order valence-corrected chi connectivity index (χ4v) is 4.13. The summed E-state index contributed by atoms with van der Waals surface area (Å²) in [7, 11) is 0. The van der Waals surface area contributed by atoms with Gasteiger partial charge in [0.1, 0.15) is 11.6 Å². The summed E-state index contributed by atoms with van der Waals surface area (Å²) < 4.78 is 43.2. The highest BCUT2D eigenvalue weighted by molar-refractivity contribution is 5.79. The number of aliphatic hydroxyl groups is 1. The molecular formula is C25H23F3N4O3. The molecule has 2 aromatic heterocycles. The molecule has 1 unspecified atom stereocenters. The Morgan fingerprint density at radius 3 is 2.43 bits per heavy atom. The van der Waals surface area contributed by atoms with E-state index in [-0.39, 0.29) is 25.3 Å². The lowest BCUT2D eigenvalue weighted by Crippen LogP contribution is -2.33. The van der Waals surface area contributed by atoms with E-state index in [4.69, 9.17) is 5.73 Å². The average Bonchev–Trinajstić information content (AvgIpc) is 3.17. The van der Waals surface area contributed by atoms with Crippen molar-refractivity contribution in [3.63, 3.8) is 0 Å². The number of primary amides is 1. The monoisotopic (exact) mass is 484 g/mol. The van der Waals surface area contributed by atoms with Crippen molar-refractivity contribution in [3.8, 4) is 5.75 Å². The van der Waals surface area contributed by atoms with Crippen LogP contribution in [0.15, 0.2) is 73.1 Å². The number of halogens is 3. The topological polar surface area (TPSA) is 103 Å². The molecule has 1 amide bonds. The Bertz CT molecular complexity index is 1290. The number of nitrogens with two attached hydrogens (primary N) is 1. The van der Waals surface area contributed by atoms with Crippen LogP contribution in [-0.2, 0) is 17.8 Å². The second-order valence-electron chi connectivity index (χ2n) is 8.08. The van der Waals surface area contributed by atoms with E-state index >= 15 is 0 Å². The number of alkyl halides is 3. The largest absolute Gasteiger partial charge is 0.573 e. The van der Waals surface area contributed by atoms with Gasteiger partial charge >= 0.3 is 6.36 Å². The third kappa shape index (κ3) is 5.78. The number of hydrogen-bond acceptors (Lipinski definition) is 5. The summed E-state index contributed by atoms with van der Waals surface area (Å²) in [5.41, 5.74) is 8.58. The first-order valence-corrected chi connectivity index (χ1v) is 10.8. The summed E-state index contributed by atoms with van der Waals surface area (Å²) in [5.74, 6) is -1.62. The number of carbonyl (C=O) groups excluding carboxylic acids is 1. The maximum absolute atomic E-state index is 12.5. The maximum Gasteiger partial charge on any atom is 0.573 e. The van der Waals surface area contributed by atoms with E-state index in [1.165, 1.54) is 24.3 Å². The van der Waals surface area contributed by atoms with Crippen LogP contribution in [0.4, 0.5) is 13.2 Å². The molecule has 0 radical (unpaired) electrons. The number of benzene rings is 2. The van der Waals surface area contributed by atoms with Crippen molar-refractivity contribution in [1.29, 1.82) is 0 Å². The van der Waals surface area contributed by atoms with Gasteiger partial charge in [-0.05, 0) is 29.3 Å². The quantitative estimate of drug-likeness (QED) is 0.376. The Morgan fingerprint density at radius 1 is 1.09 bits per heavy atom. The number of aromatic nitrogens is 3. The van der Waals surface area contributed by atoms with Gasteiger partial charge in [0.25, 0.3) is 0 Å². The number of pyridine rings is 1. The second kappa shape index (κ2) is 10.1. The van der Waals surface area contributed by atoms with E-state index in [0.29, 0.717) is 22.4 Å². The minimum absolute atomic E-state index is 0.152. The summed E-state index contributed by atoms with van der Waals surface area (Å²) in [6.45, 7) is -0.00942. The summed E-state index contributed by atoms with van der Waals surface area (Å²) in [4.78, 5) is 21.3. The fraction of sp³-hybridized carbons (Fsp3) is 0.240. The Hall–Kier alpha value is -3.92. The molecule has 2 aromatic carbocycles. The van der Waals surface area contributed by atoms with Crippen LogP contribution in [0.5, 0.6) is 5.75 Å². The van der Waals surface area contributed by atoms with Crippen molar-refractivity contribution in [2.75, 3.05) is 6.61 Å². The maximum atomic E-state index is 12.5. The zero-order valence-corrected chi connectivity index (χ0v) is 18.5. The first kappa shape index (κ1) is 24.2. The number of rotatable bonds is 9. The zero-order chi connectivity index (χ0) is 25.0. The van der Waals surface area contributed by atoms with Crippen LogP contribution in [0.2, 0.25) is 0 Å². The molecule has 0 saturated carbocycles. The van der Waals surface area contributed by atoms with Crippen molar-refractivity contribution in [2.24, 2.45) is 11.7 Å². The van der Waals surface area contributed by atoms with Gasteiger partial charge in [0.15, 0.2) is 0 Å². The summed E-state index contributed by atoms with van der Waals surface area (Å²) in [6.07, 6.45) is -1.39. The van der Waals surface area contributed by atoms with Crippen molar-refractivity contribution in [3.05, 3.63) is 90.0 Å². The van der Waals surface area contributed by atoms with E-state index in [1.807, 2.05) is 34.9 Å². The highest BCUT2D eigenvalue weighted by Gasteiger charge is 2.31. The smallest absolute Gasteiger partial charge is 0.406 e. The lowest BCUT2D eigenvalue weighted by atomic mass is 9.83. The number of nitrogens with zero attached hydrogens (tertiary/aromatic N) is 3. The highest BCUT2D eigenvalue weighted by atomic mass is 19.4. The number of amides is 1. The molecule has 182 valence electrons. The van der Waals surface area contributed by atoms with Gasteiger partial charge in [-0.15, -0.1) is 13.2 Å². The van der Waals surface area contributed by atoms with Crippen molar-refractivity contribution < 1.29 is 27.8 Å². The first-order chi connectivity index (χ1) is 16.7. The van der Waals surface area contributed by atoms with Crippen molar-refractivity contribution in [1.82, 2.24) is 14.5 Å². The van der Waals surface area contributed by atoms with Crippen molar-refractivity contribution in [2.45, 2.75) is 25.2 Å². The Morgan fingerprint density at radius 2 is 1.80 bits per heavy atom. The van der Waals surface area contributed by atoms with E-state index < -0.39 is 24.1 Å². The van der Waals surface area contributed by atoms with Gasteiger partial charge in [0, 0.05) is 25.1 Å². The molecule has 35 heavy (non-hydrogen) atoms. The molecule has 2 atom stereocenters. The lowest BCUT2D eigenvalue weighted by molar-refractivity contribution is -0.274. The molecule has 0 aliphatic heterocycles. The average molecular weight is 484 g/mol. The van der Waals surface area contributed by atoms with Gasteiger partial charge in [-0.25, -0.2) is 4.98 Å². The van der Waals surface area contributed by atoms with Gasteiger partial charge in [0.05, 0.1) is 29.8 Å². The van der Waals surface area contributed by atoms with Gasteiger partial charge < -0.3 is 20.1 Å². The van der Waals surface area contributed by atoms with Crippen LogP contribution in [0.25, 0.3) is 11.0 Å². The Kier molecular flexibility index (Phi) is 7.02. The van der Waals surface area contributed by atoms with Crippen LogP contribution < -0.4 is 10.5 Å². The highest BCUT2D eigenvalue weighted by Crippen LogP contribution is 2.29. The number of hydrogen-bond donors (Lipinski definition) is 2. The summed E-state index contributed by atoms with van der Waals surface area (Å²) in [6, 6.07) is 16.4. The minimum Gasteiger partial charge on any atom is -0.406 e. The van der Waals surface area contributed by atoms with Crippen LogP contribution in [-0.4, -0.2) is 38.5 Å². The molecule has 0 aliphatic carbocycles. The predicted molar refractivity (Wildman–Crippen MR) is 122 cm³/mol. The lowest BCUT2D eigenvalue weighted by Gasteiger charge is -2.23. The molecule has 0 saturated heterocycles. The van der Waals surface area contributed by atoms with Crippen LogP contribution in [0.3, 0.4) is 0 Å². The molecule has 0 aliphatic rings. The number of fused-ring (bicyclic) bond motifs is 1. The number of ether oxygens (including phenoxy) is 1. The molecule has 3 N–H and O–H groups in total. The van der Waals surface area contributed by atoms with E-state index in [2.05, 4.69) is 14.7 Å².